The molecule has 1 fully saturated rings. The molecule has 0 bridgehead atoms. The molecule has 1 spiro atoms. The molecule has 0 atom stereocenters. The molecule has 0 saturated carbocycles. The fraction of sp³-hybridized carbons (Fsp3) is 0.400. The Morgan fingerprint density at radius 1 is 1.15 bits per heavy atom. The van der Waals surface area contributed by atoms with E-state index in [1.54, 1.807) is 0 Å². The molecule has 4 rings (SSSR count). The number of rotatable bonds is 6. The fourth-order valence-electron chi connectivity index (χ4n) is 3.87. The second-order valence-corrected chi connectivity index (χ2v) is 9.72. The van der Waals surface area contributed by atoms with Gasteiger partial charge in [0.2, 0.25) is 0 Å². The summed E-state index contributed by atoms with van der Waals surface area (Å²) in [5.74, 6) is 1.10. The molecule has 2 aliphatic heterocycles. The Morgan fingerprint density at radius 2 is 1.92 bits per heavy atom. The highest BCUT2D eigenvalue weighted by molar-refractivity contribution is 7.90. The lowest BCUT2D eigenvalue weighted by molar-refractivity contribution is 0.0858. The number of hydrogen-bond donors (Lipinski definition) is 1. The maximum Gasteiger partial charge on any atom is 0.148 e. The van der Waals surface area contributed by atoms with Crippen LogP contribution in [0.2, 0.25) is 0 Å². The van der Waals surface area contributed by atoms with Crippen molar-refractivity contribution in [1.82, 2.24) is 4.90 Å². The van der Waals surface area contributed by atoms with E-state index in [0.29, 0.717) is 13.2 Å². The van der Waals surface area contributed by atoms with E-state index in [9.17, 15) is 8.42 Å². The Balaban J connectivity index is 1.38. The molecular weight excluding hydrogens is 348 g/mol. The highest BCUT2D eigenvalue weighted by atomic mass is 32.2. The molecule has 0 unspecified atom stereocenters. The summed E-state index contributed by atoms with van der Waals surface area (Å²) in [6.45, 7) is 3.90. The molecule has 1 saturated heterocycles. The van der Waals surface area contributed by atoms with Crippen molar-refractivity contribution in [1.29, 1.82) is 0 Å². The first-order valence-corrected chi connectivity index (χ1v) is 10.9. The Bertz CT molecular complexity index is 891. The SMILES string of the molecule is CS(=O)(=O)CCN1CC2(CNc3cc(OCc4ccccc4)ccc32)C1. The Morgan fingerprint density at radius 3 is 2.65 bits per heavy atom. The number of nitrogens with one attached hydrogen (secondary N) is 1. The van der Waals surface area contributed by atoms with Gasteiger partial charge in [0.1, 0.15) is 22.2 Å². The van der Waals surface area contributed by atoms with Crippen LogP contribution in [0.15, 0.2) is 48.5 Å². The number of anilines is 1. The van der Waals surface area contributed by atoms with Gasteiger partial charge in [-0.3, -0.25) is 0 Å². The molecule has 0 radical (unpaired) electrons. The lowest BCUT2D eigenvalue weighted by atomic mass is 9.75. The van der Waals surface area contributed by atoms with Crippen LogP contribution in [-0.4, -0.2) is 51.5 Å². The van der Waals surface area contributed by atoms with E-state index in [1.807, 2.05) is 24.3 Å². The summed E-state index contributed by atoms with van der Waals surface area (Å²) >= 11 is 0. The topological polar surface area (TPSA) is 58.6 Å². The first-order chi connectivity index (χ1) is 12.4. The monoisotopic (exact) mass is 372 g/mol. The third kappa shape index (κ3) is 3.57. The summed E-state index contributed by atoms with van der Waals surface area (Å²) in [7, 11) is -2.90. The number of sulfone groups is 1. The van der Waals surface area contributed by atoms with Crippen molar-refractivity contribution in [3.8, 4) is 5.75 Å². The molecule has 2 aromatic carbocycles. The quantitative estimate of drug-likeness (QED) is 0.843. The molecule has 2 heterocycles. The van der Waals surface area contributed by atoms with Crippen LogP contribution in [0, 0.1) is 0 Å². The molecular formula is C20H24N2O3S. The first-order valence-electron chi connectivity index (χ1n) is 8.89. The van der Waals surface area contributed by atoms with Gasteiger partial charge in [-0.2, -0.15) is 0 Å². The van der Waals surface area contributed by atoms with Gasteiger partial charge < -0.3 is 15.0 Å². The molecule has 5 nitrogen and oxygen atoms in total. The smallest absolute Gasteiger partial charge is 0.148 e. The highest BCUT2D eigenvalue weighted by Crippen LogP contribution is 2.44. The van der Waals surface area contributed by atoms with Crippen LogP contribution in [0.1, 0.15) is 11.1 Å². The van der Waals surface area contributed by atoms with Gasteiger partial charge in [-0.15, -0.1) is 0 Å². The zero-order chi connectivity index (χ0) is 18.2. The van der Waals surface area contributed by atoms with Gasteiger partial charge in [0.25, 0.3) is 0 Å². The van der Waals surface area contributed by atoms with Crippen LogP contribution in [0.3, 0.4) is 0 Å². The summed E-state index contributed by atoms with van der Waals surface area (Å²) in [5, 5.41) is 3.50. The minimum Gasteiger partial charge on any atom is -0.489 e. The number of ether oxygens (including phenoxy) is 1. The zero-order valence-electron chi connectivity index (χ0n) is 14.9. The average molecular weight is 372 g/mol. The molecule has 138 valence electrons. The van der Waals surface area contributed by atoms with Crippen molar-refractivity contribution < 1.29 is 13.2 Å². The lowest BCUT2D eigenvalue weighted by Gasteiger charge is -2.48. The molecule has 6 heteroatoms. The summed E-state index contributed by atoms with van der Waals surface area (Å²) in [4.78, 5) is 2.22. The number of likely N-dealkylation sites (tertiary alicyclic amines) is 1. The number of benzene rings is 2. The van der Waals surface area contributed by atoms with Crippen molar-refractivity contribution in [2.45, 2.75) is 12.0 Å². The lowest BCUT2D eigenvalue weighted by Crippen LogP contribution is -2.61. The fourth-order valence-corrected chi connectivity index (χ4v) is 4.46. The number of nitrogens with zero attached hydrogens (tertiary/aromatic N) is 1. The van der Waals surface area contributed by atoms with E-state index in [0.717, 1.165) is 36.6 Å². The first kappa shape index (κ1) is 17.4. The maximum absolute atomic E-state index is 11.3. The Hall–Kier alpha value is -2.05. The van der Waals surface area contributed by atoms with Crippen LogP contribution in [0.25, 0.3) is 0 Å². The third-order valence-corrected chi connectivity index (χ3v) is 6.18. The van der Waals surface area contributed by atoms with Crippen LogP contribution < -0.4 is 10.1 Å². The van der Waals surface area contributed by atoms with Crippen LogP contribution in [0.5, 0.6) is 5.75 Å². The van der Waals surface area contributed by atoms with Gasteiger partial charge in [0.15, 0.2) is 0 Å². The molecule has 0 aliphatic carbocycles. The van der Waals surface area contributed by atoms with Crippen molar-refractivity contribution in [3.63, 3.8) is 0 Å². The van der Waals surface area contributed by atoms with E-state index >= 15 is 0 Å². The van der Waals surface area contributed by atoms with Gasteiger partial charge in [-0.25, -0.2) is 8.42 Å². The highest BCUT2D eigenvalue weighted by Gasteiger charge is 2.48. The van der Waals surface area contributed by atoms with Gasteiger partial charge >= 0.3 is 0 Å². The maximum atomic E-state index is 11.3. The van der Waals surface area contributed by atoms with Crippen LogP contribution in [0.4, 0.5) is 5.69 Å². The Labute approximate surface area is 154 Å². The summed E-state index contributed by atoms with van der Waals surface area (Å²) in [6, 6.07) is 16.4. The third-order valence-electron chi connectivity index (χ3n) is 5.26. The van der Waals surface area contributed by atoms with Gasteiger partial charge in [-0.05, 0) is 17.2 Å². The van der Waals surface area contributed by atoms with Crippen LogP contribution >= 0.6 is 0 Å². The minimum atomic E-state index is -2.90. The predicted octanol–water partition coefficient (Wildman–Crippen LogP) is 2.29. The van der Waals surface area contributed by atoms with Crippen molar-refractivity contribution in [3.05, 3.63) is 59.7 Å². The molecule has 0 amide bonds. The van der Waals surface area contributed by atoms with Gasteiger partial charge in [0.05, 0.1) is 5.75 Å². The molecule has 0 aromatic heterocycles. The molecule has 2 aromatic rings. The van der Waals surface area contributed by atoms with Crippen molar-refractivity contribution >= 4 is 15.5 Å². The van der Waals surface area contributed by atoms with Gasteiger partial charge in [-0.1, -0.05) is 36.4 Å². The zero-order valence-corrected chi connectivity index (χ0v) is 15.8. The van der Waals surface area contributed by atoms with E-state index in [2.05, 4.69) is 34.5 Å². The number of hydrogen-bond acceptors (Lipinski definition) is 5. The Kier molecular flexibility index (Phi) is 4.40. The second kappa shape index (κ2) is 6.59. The van der Waals surface area contributed by atoms with E-state index in [4.69, 9.17) is 4.74 Å². The molecule has 26 heavy (non-hydrogen) atoms. The standard InChI is InChI=1S/C20H24N2O3S/c1-26(23,24)10-9-22-14-20(15-22)13-21-19-11-17(7-8-18(19)20)25-12-16-5-3-2-4-6-16/h2-8,11,21H,9-10,12-15H2,1H3. The van der Waals surface area contributed by atoms with Crippen LogP contribution in [-0.2, 0) is 21.9 Å². The normalized spacial score (nSPS) is 18.2. The summed E-state index contributed by atoms with van der Waals surface area (Å²) in [5.41, 5.74) is 3.72. The second-order valence-electron chi connectivity index (χ2n) is 7.46. The minimum absolute atomic E-state index is 0.116. The molecule has 2 aliphatic rings. The van der Waals surface area contributed by atoms with E-state index < -0.39 is 9.84 Å². The van der Waals surface area contributed by atoms with E-state index in [-0.39, 0.29) is 11.2 Å². The van der Waals surface area contributed by atoms with Gasteiger partial charge in [0, 0.05) is 49.6 Å². The summed E-state index contributed by atoms with van der Waals surface area (Å²) < 4.78 is 28.6. The summed E-state index contributed by atoms with van der Waals surface area (Å²) in [6.07, 6.45) is 1.30. The van der Waals surface area contributed by atoms with E-state index in [1.165, 1.54) is 11.8 Å². The van der Waals surface area contributed by atoms with Crippen molar-refractivity contribution in [2.24, 2.45) is 0 Å². The number of fused-ring (bicyclic) bond motifs is 2. The largest absolute Gasteiger partial charge is 0.489 e. The average Bonchev–Trinajstić information content (AvgIpc) is 2.96. The van der Waals surface area contributed by atoms with Crippen molar-refractivity contribution in [2.75, 3.05) is 43.5 Å². The molecule has 1 N–H and O–H groups in total. The predicted molar refractivity (Wildman–Crippen MR) is 104 cm³/mol.